The van der Waals surface area contributed by atoms with Gasteiger partial charge in [0.1, 0.15) is 0 Å². The quantitative estimate of drug-likeness (QED) is 0.0422. The van der Waals surface area contributed by atoms with Gasteiger partial charge in [0, 0.05) is 20.0 Å². The van der Waals surface area contributed by atoms with Crippen LogP contribution in [0.25, 0.3) is 0 Å². The van der Waals surface area contributed by atoms with E-state index in [2.05, 4.69) is 38.2 Å². The zero-order chi connectivity index (χ0) is 31.0. The summed E-state index contributed by atoms with van der Waals surface area (Å²) in [6.07, 6.45) is 40.4. The lowest BCUT2D eigenvalue weighted by Gasteiger charge is -2.13. The summed E-state index contributed by atoms with van der Waals surface area (Å²) < 4.78 is 18.1. The molecule has 0 bridgehead atoms. The molecule has 0 amide bonds. The molecule has 42 heavy (non-hydrogen) atoms. The summed E-state index contributed by atoms with van der Waals surface area (Å²) in [6.45, 7) is 4.51. The maximum absolute atomic E-state index is 13.0. The van der Waals surface area contributed by atoms with Crippen LogP contribution >= 0.6 is 7.37 Å². The van der Waals surface area contributed by atoms with Crippen LogP contribution in [0.3, 0.4) is 0 Å². The summed E-state index contributed by atoms with van der Waals surface area (Å²) in [5.41, 5.74) is -0.972. The molecule has 0 unspecified atom stereocenters. The van der Waals surface area contributed by atoms with Crippen LogP contribution in [-0.4, -0.2) is 18.2 Å². The second kappa shape index (κ2) is 31.4. The van der Waals surface area contributed by atoms with Crippen molar-refractivity contribution in [2.75, 3.05) is 7.11 Å². The van der Waals surface area contributed by atoms with Gasteiger partial charge < -0.3 is 4.52 Å². The minimum absolute atomic E-state index is 0.182. The molecule has 0 heterocycles. The fraction of sp³-hybridized carbons (Fsp3) is 0.838. The van der Waals surface area contributed by atoms with Crippen molar-refractivity contribution in [3.8, 4) is 0 Å². The van der Waals surface area contributed by atoms with E-state index >= 15 is 0 Å². The molecule has 0 atom stereocenters. The Kier molecular flexibility index (Phi) is 30.7. The summed E-state index contributed by atoms with van der Waals surface area (Å²) in [5.74, 6) is 0. The first-order chi connectivity index (χ1) is 20.5. The first kappa shape index (κ1) is 41.0. The fourth-order valence-electron chi connectivity index (χ4n) is 5.33. The van der Waals surface area contributed by atoms with Crippen molar-refractivity contribution in [1.29, 1.82) is 0 Å². The van der Waals surface area contributed by atoms with Crippen LogP contribution in [0.1, 0.15) is 194 Å². The van der Waals surface area contributed by atoms with Gasteiger partial charge in [0.25, 0.3) is 0 Å². The Balaban J connectivity index is 3.78. The first-order valence-corrected chi connectivity index (χ1v) is 19.7. The number of rotatable bonds is 33. The van der Waals surface area contributed by atoms with Gasteiger partial charge in [-0.2, -0.15) is 0 Å². The van der Waals surface area contributed by atoms with Gasteiger partial charge in [-0.05, 0) is 64.2 Å². The van der Waals surface area contributed by atoms with Gasteiger partial charge in [-0.15, -0.1) is 0 Å². The van der Waals surface area contributed by atoms with E-state index in [1.807, 2.05) is 0 Å². The highest BCUT2D eigenvalue weighted by Crippen LogP contribution is 2.50. The Hall–Kier alpha value is -0.990. The lowest BCUT2D eigenvalue weighted by atomic mass is 10.1. The lowest BCUT2D eigenvalue weighted by molar-refractivity contribution is -0.116. The number of unbranched alkanes of at least 4 members (excludes halogenated alkanes) is 22. The average molecular weight is 609 g/mol. The van der Waals surface area contributed by atoms with Gasteiger partial charge >= 0.3 is 7.37 Å². The van der Waals surface area contributed by atoms with E-state index in [0.29, 0.717) is 12.8 Å². The number of carbonyl (C=O) groups excluding carboxylic acids is 2. The van der Waals surface area contributed by atoms with Gasteiger partial charge in [-0.1, -0.05) is 141 Å². The molecule has 0 aliphatic carbocycles. The molecular formula is C37H69O4P. The van der Waals surface area contributed by atoms with Crippen LogP contribution in [0.5, 0.6) is 0 Å². The van der Waals surface area contributed by atoms with Crippen LogP contribution < -0.4 is 0 Å². The molecule has 0 spiro atoms. The lowest BCUT2D eigenvalue weighted by Crippen LogP contribution is -2.11. The molecular weight excluding hydrogens is 539 g/mol. The zero-order valence-electron chi connectivity index (χ0n) is 28.2. The van der Waals surface area contributed by atoms with Crippen LogP contribution in [0.4, 0.5) is 0 Å². The van der Waals surface area contributed by atoms with E-state index in [-0.39, 0.29) is 12.8 Å². The number of carbonyl (C=O) groups is 2. The van der Waals surface area contributed by atoms with E-state index in [1.165, 1.54) is 110 Å². The van der Waals surface area contributed by atoms with Crippen molar-refractivity contribution in [3.05, 3.63) is 24.3 Å². The number of allylic oxidation sites excluding steroid dienone is 4. The second-order valence-corrected chi connectivity index (χ2v) is 14.7. The fourth-order valence-corrected chi connectivity index (χ4v) is 6.92. The number of hydrogen-bond donors (Lipinski definition) is 0. The Morgan fingerprint density at radius 1 is 0.452 bits per heavy atom. The second-order valence-electron chi connectivity index (χ2n) is 12.2. The van der Waals surface area contributed by atoms with Crippen LogP contribution in [0.2, 0.25) is 0 Å². The normalized spacial score (nSPS) is 12.2. The molecule has 0 aromatic rings. The molecule has 0 rings (SSSR count). The standard InChI is InChI=1S/C37H69O4P/c1-4-6-8-10-12-14-16-18-20-22-24-26-28-30-32-34-36(38)42(40,41-3)37(39)35-33-31-29-27-25-23-21-19-17-15-13-11-9-7-5-2/h18-21H,4-17,22-35H2,1-3H3/b20-18-,21-19-. The van der Waals surface area contributed by atoms with Gasteiger partial charge in [-0.25, -0.2) is 0 Å². The molecule has 5 heteroatoms. The van der Waals surface area contributed by atoms with Gasteiger partial charge in [0.05, 0.1) is 0 Å². The first-order valence-electron chi connectivity index (χ1n) is 18.0. The Labute approximate surface area is 261 Å². The van der Waals surface area contributed by atoms with Gasteiger partial charge in [0.2, 0.25) is 11.0 Å². The maximum Gasteiger partial charge on any atom is 0.330 e. The summed E-state index contributed by atoms with van der Waals surface area (Å²) in [6, 6.07) is 0. The van der Waals surface area contributed by atoms with Crippen molar-refractivity contribution < 1.29 is 18.7 Å². The van der Waals surface area contributed by atoms with Gasteiger partial charge in [0.15, 0.2) is 0 Å². The molecule has 0 aromatic heterocycles. The zero-order valence-corrected chi connectivity index (χ0v) is 29.1. The highest BCUT2D eigenvalue weighted by molar-refractivity contribution is 7.90. The Bertz CT molecular complexity index is 671. The molecule has 0 N–H and O–H groups in total. The molecule has 0 radical (unpaired) electrons. The highest BCUT2D eigenvalue weighted by atomic mass is 31.2. The van der Waals surface area contributed by atoms with Crippen molar-refractivity contribution in [2.45, 2.75) is 194 Å². The number of hydrogen-bond acceptors (Lipinski definition) is 4. The average Bonchev–Trinajstić information content (AvgIpc) is 3.00. The monoisotopic (exact) mass is 608 g/mol. The van der Waals surface area contributed by atoms with Crippen molar-refractivity contribution in [3.63, 3.8) is 0 Å². The van der Waals surface area contributed by atoms with Gasteiger partial charge in [-0.3, -0.25) is 14.2 Å². The van der Waals surface area contributed by atoms with Crippen LogP contribution in [0, 0.1) is 0 Å². The highest BCUT2D eigenvalue weighted by Gasteiger charge is 2.38. The maximum atomic E-state index is 13.0. The summed E-state index contributed by atoms with van der Waals surface area (Å²) in [4.78, 5) is 25.2. The smallest absolute Gasteiger partial charge is 0.322 e. The summed E-state index contributed by atoms with van der Waals surface area (Å²) in [5, 5.41) is 0. The van der Waals surface area contributed by atoms with Crippen LogP contribution in [-0.2, 0) is 18.7 Å². The van der Waals surface area contributed by atoms with E-state index in [0.717, 1.165) is 51.4 Å². The largest absolute Gasteiger partial charge is 0.330 e. The van der Waals surface area contributed by atoms with Crippen molar-refractivity contribution >= 4 is 18.4 Å². The molecule has 0 aliphatic rings. The van der Waals surface area contributed by atoms with E-state index in [9.17, 15) is 14.2 Å². The predicted octanol–water partition coefficient (Wildman–Crippen LogP) is 13.0. The minimum Gasteiger partial charge on any atom is -0.322 e. The topological polar surface area (TPSA) is 60.4 Å². The SMILES string of the molecule is CCCCCCCC/C=C\CCCCCCCC(=O)P(=O)(OC)C(=O)CCCCCCC/C=C\CCCCCCCC. The summed E-state index contributed by atoms with van der Waals surface area (Å²) in [7, 11) is -2.61. The van der Waals surface area contributed by atoms with E-state index in [1.54, 1.807) is 0 Å². The molecule has 0 saturated heterocycles. The molecule has 0 fully saturated rings. The third-order valence-corrected chi connectivity index (χ3v) is 10.5. The molecule has 4 nitrogen and oxygen atoms in total. The van der Waals surface area contributed by atoms with E-state index in [4.69, 9.17) is 4.52 Å². The third-order valence-electron chi connectivity index (χ3n) is 8.22. The molecule has 0 aliphatic heterocycles. The van der Waals surface area contributed by atoms with Crippen molar-refractivity contribution in [1.82, 2.24) is 0 Å². The molecule has 0 saturated carbocycles. The van der Waals surface area contributed by atoms with Crippen molar-refractivity contribution in [2.24, 2.45) is 0 Å². The Morgan fingerprint density at radius 2 is 0.714 bits per heavy atom. The van der Waals surface area contributed by atoms with E-state index < -0.39 is 18.4 Å². The minimum atomic E-state index is -3.85. The molecule has 0 aromatic carbocycles. The van der Waals surface area contributed by atoms with Crippen LogP contribution in [0.15, 0.2) is 24.3 Å². The third kappa shape index (κ3) is 24.5. The molecule has 246 valence electrons. The Morgan fingerprint density at radius 3 is 1.00 bits per heavy atom. The summed E-state index contributed by atoms with van der Waals surface area (Å²) >= 11 is 0. The predicted molar refractivity (Wildman–Crippen MR) is 184 cm³/mol.